The Hall–Kier alpha value is -2.30. The molecule has 3 aromatic carbocycles. The molecule has 0 bridgehead atoms. The van der Waals surface area contributed by atoms with Gasteiger partial charge >= 0.3 is 0 Å². The van der Waals surface area contributed by atoms with Gasteiger partial charge in [-0.05, 0) is 58.4 Å². The van der Waals surface area contributed by atoms with Crippen molar-refractivity contribution in [2.45, 2.75) is 61.5 Å². The zero-order valence-electron chi connectivity index (χ0n) is 23.6. The topological polar surface area (TPSA) is 72.9 Å². The fourth-order valence-corrected chi connectivity index (χ4v) is 13.3. The fraction of sp³-hybridized carbons (Fsp3) is 0.406. The van der Waals surface area contributed by atoms with Crippen LogP contribution in [-0.4, -0.2) is 52.3 Å². The lowest BCUT2D eigenvalue weighted by Crippen LogP contribution is -2.67. The van der Waals surface area contributed by atoms with E-state index in [9.17, 15) is 13.2 Å². The van der Waals surface area contributed by atoms with E-state index in [2.05, 4.69) is 90.1 Å². The molecule has 0 radical (unpaired) electrons. The normalized spacial score (nSPS) is 25.7. The van der Waals surface area contributed by atoms with Crippen LogP contribution in [0.4, 0.5) is 0 Å². The van der Waals surface area contributed by atoms with Gasteiger partial charge in [0, 0.05) is 16.8 Å². The van der Waals surface area contributed by atoms with Crippen LogP contribution in [0.15, 0.2) is 94.3 Å². The molecule has 3 aromatic rings. The maximum Gasteiger partial charge on any atom is 0.296 e. The zero-order chi connectivity index (χ0) is 29.0. The molecule has 0 aromatic heterocycles. The molecule has 3 aliphatic rings. The van der Waals surface area contributed by atoms with Crippen molar-refractivity contribution in [1.82, 2.24) is 4.90 Å². The number of piperidine rings is 1. The first-order valence-electron chi connectivity index (χ1n) is 14.2. The highest BCUT2D eigenvalue weighted by atomic mass is 79.9. The summed E-state index contributed by atoms with van der Waals surface area (Å²) in [6, 6.07) is 27.5. The Morgan fingerprint density at radius 3 is 2.07 bits per heavy atom. The number of rotatable bonds is 9. The van der Waals surface area contributed by atoms with E-state index < -0.39 is 18.4 Å². The first-order chi connectivity index (χ1) is 19.5. The van der Waals surface area contributed by atoms with Crippen molar-refractivity contribution < 1.29 is 21.8 Å². The molecule has 2 saturated heterocycles. The second kappa shape index (κ2) is 10.5. The summed E-state index contributed by atoms with van der Waals surface area (Å²) in [7, 11) is -6.65. The maximum atomic E-state index is 13.5. The van der Waals surface area contributed by atoms with E-state index in [0.717, 1.165) is 17.3 Å². The Labute approximate surface area is 252 Å². The van der Waals surface area contributed by atoms with Crippen LogP contribution >= 0.6 is 15.9 Å². The second-order valence-corrected chi connectivity index (χ2v) is 19.5. The minimum absolute atomic E-state index is 0.0133. The first-order valence-corrected chi connectivity index (χ1v) is 18.3. The molecule has 1 saturated carbocycles. The van der Waals surface area contributed by atoms with Crippen molar-refractivity contribution in [2.24, 2.45) is 11.8 Å². The van der Waals surface area contributed by atoms with Crippen molar-refractivity contribution in [3.8, 4) is 0 Å². The van der Waals surface area contributed by atoms with Crippen LogP contribution in [0.25, 0.3) is 0 Å². The number of amides is 1. The predicted molar refractivity (Wildman–Crippen MR) is 165 cm³/mol. The Balaban J connectivity index is 1.23. The van der Waals surface area contributed by atoms with E-state index in [-0.39, 0.29) is 39.9 Å². The molecule has 6 nitrogen and oxygen atoms in total. The molecular weight excluding hydrogens is 618 g/mol. The number of hydrogen-bond acceptors (Lipinski definition) is 5. The molecule has 3 fully saturated rings. The van der Waals surface area contributed by atoms with E-state index in [4.69, 9.17) is 8.61 Å². The van der Waals surface area contributed by atoms with E-state index >= 15 is 0 Å². The van der Waals surface area contributed by atoms with Gasteiger partial charge in [-0.25, -0.2) is 0 Å². The minimum atomic E-state index is -3.91. The number of benzene rings is 3. The monoisotopic (exact) mass is 653 g/mol. The zero-order valence-corrected chi connectivity index (χ0v) is 27.0. The summed E-state index contributed by atoms with van der Waals surface area (Å²) in [5, 5.41) is 2.28. The lowest BCUT2D eigenvalue weighted by Gasteiger charge is -2.44. The molecule has 41 heavy (non-hydrogen) atoms. The first kappa shape index (κ1) is 28.8. The average molecular weight is 655 g/mol. The molecule has 216 valence electrons. The highest BCUT2D eigenvalue weighted by Crippen LogP contribution is 2.66. The molecule has 6 rings (SSSR count). The number of hydrogen-bond donors (Lipinski definition) is 0. The molecule has 1 amide bonds. The van der Waals surface area contributed by atoms with Crippen molar-refractivity contribution in [3.05, 3.63) is 89.4 Å². The third-order valence-corrected chi connectivity index (χ3v) is 16.2. The molecule has 1 spiro atoms. The Bertz CT molecular complexity index is 1490. The van der Waals surface area contributed by atoms with Gasteiger partial charge in [-0.2, -0.15) is 8.42 Å². The van der Waals surface area contributed by atoms with Gasteiger partial charge < -0.3 is 9.33 Å². The van der Waals surface area contributed by atoms with Gasteiger partial charge in [0.15, 0.2) is 0 Å². The fourth-order valence-electron chi connectivity index (χ4n) is 7.48. The standard InChI is InChI=1S/C32H36BrNO5SSi/c1-31(2,3)41(28-10-6-4-7-11-28,29-12-8-5-9-13-29)39-22-26-18-23-20-32(23)24(19-30(35)34(26)32)21-38-40(36,37)27-16-14-25(33)15-17-27/h4-17,23-24,26H,18-22H2,1-3H3/t23-,24+,26-,32+/m1/s1. The highest BCUT2D eigenvalue weighted by molar-refractivity contribution is 9.10. The van der Waals surface area contributed by atoms with E-state index in [1.54, 1.807) is 12.1 Å². The SMILES string of the molecule is CC(C)(C)[Si](OC[C@H]1C[C@@H]2C[C@@]23[C@H](COS(=O)(=O)c2ccc(Br)cc2)CC(=O)N13)(c1ccccc1)c1ccccc1. The van der Waals surface area contributed by atoms with Crippen LogP contribution in [0.2, 0.25) is 5.04 Å². The van der Waals surface area contributed by atoms with Gasteiger partial charge in [0.1, 0.15) is 0 Å². The average Bonchev–Trinajstić information content (AvgIpc) is 3.44. The molecule has 2 heterocycles. The quantitative estimate of drug-likeness (QED) is 0.237. The van der Waals surface area contributed by atoms with Crippen molar-refractivity contribution >= 4 is 50.6 Å². The van der Waals surface area contributed by atoms with Crippen molar-refractivity contribution in [2.75, 3.05) is 13.2 Å². The lowest BCUT2D eigenvalue weighted by molar-refractivity contribution is -0.131. The molecule has 4 atom stereocenters. The predicted octanol–water partition coefficient (Wildman–Crippen LogP) is 5.11. The molecule has 0 unspecified atom stereocenters. The van der Waals surface area contributed by atoms with Gasteiger partial charge in [0.05, 0.1) is 29.7 Å². The van der Waals surface area contributed by atoms with Crippen LogP contribution < -0.4 is 10.4 Å². The highest BCUT2D eigenvalue weighted by Gasteiger charge is 2.73. The minimum Gasteiger partial charge on any atom is -0.405 e. The van der Waals surface area contributed by atoms with Crippen LogP contribution in [0.5, 0.6) is 0 Å². The summed E-state index contributed by atoms with van der Waals surface area (Å²) in [6.45, 7) is 7.24. The van der Waals surface area contributed by atoms with Crippen molar-refractivity contribution in [1.29, 1.82) is 0 Å². The van der Waals surface area contributed by atoms with E-state index in [1.807, 2.05) is 12.1 Å². The smallest absolute Gasteiger partial charge is 0.296 e. The van der Waals surface area contributed by atoms with Crippen LogP contribution in [-0.2, 0) is 23.5 Å². The number of halogens is 1. The largest absolute Gasteiger partial charge is 0.405 e. The summed E-state index contributed by atoms with van der Waals surface area (Å²) in [5.41, 5.74) is -0.314. The Kier molecular flexibility index (Phi) is 7.34. The molecule has 0 N–H and O–H groups in total. The molecule has 9 heteroatoms. The van der Waals surface area contributed by atoms with Crippen molar-refractivity contribution in [3.63, 3.8) is 0 Å². The van der Waals surface area contributed by atoms with Gasteiger partial charge in [-0.15, -0.1) is 0 Å². The van der Waals surface area contributed by atoms with E-state index in [0.29, 0.717) is 18.9 Å². The van der Waals surface area contributed by atoms with Crippen LogP contribution in [0.1, 0.15) is 40.0 Å². The Morgan fingerprint density at radius 1 is 0.927 bits per heavy atom. The molecular formula is C32H36BrNO5SSi. The van der Waals surface area contributed by atoms with Gasteiger partial charge in [-0.3, -0.25) is 8.98 Å². The summed E-state index contributed by atoms with van der Waals surface area (Å²) >= 11 is 3.34. The van der Waals surface area contributed by atoms with Gasteiger partial charge in [-0.1, -0.05) is 97.4 Å². The molecule has 2 aliphatic heterocycles. The van der Waals surface area contributed by atoms with Crippen LogP contribution in [0, 0.1) is 11.8 Å². The Morgan fingerprint density at radius 2 is 1.51 bits per heavy atom. The maximum absolute atomic E-state index is 13.5. The van der Waals surface area contributed by atoms with Crippen LogP contribution in [0.3, 0.4) is 0 Å². The van der Waals surface area contributed by atoms with Gasteiger partial charge in [0.2, 0.25) is 5.91 Å². The number of carbonyl (C=O) groups excluding carboxylic acids is 1. The summed E-state index contributed by atoms with van der Waals surface area (Å²) < 4.78 is 39.3. The van der Waals surface area contributed by atoms with E-state index in [1.165, 1.54) is 22.5 Å². The van der Waals surface area contributed by atoms with Gasteiger partial charge in [0.25, 0.3) is 18.4 Å². The summed E-state index contributed by atoms with van der Waals surface area (Å²) in [5.74, 6) is 0.282. The third-order valence-electron chi connectivity index (χ3n) is 9.32. The third kappa shape index (κ3) is 4.83. The lowest BCUT2D eigenvalue weighted by atomic mass is 9.98. The molecule has 1 aliphatic carbocycles. The summed E-state index contributed by atoms with van der Waals surface area (Å²) in [4.78, 5) is 15.6. The number of carbonyl (C=O) groups is 1. The number of nitrogens with zero attached hydrogens (tertiary/aromatic N) is 1. The summed E-state index contributed by atoms with van der Waals surface area (Å²) in [6.07, 6.45) is 2.09. The second-order valence-electron chi connectivity index (χ2n) is 12.6.